The summed E-state index contributed by atoms with van der Waals surface area (Å²) in [7, 11) is 0. The highest BCUT2D eigenvalue weighted by Gasteiger charge is 2.14. The van der Waals surface area contributed by atoms with Crippen LogP contribution in [0.25, 0.3) is 10.9 Å². The number of hydrazone groups is 1. The Balaban J connectivity index is 1.58. The average Bonchev–Trinajstić information content (AvgIpc) is 2.67. The Kier molecular flexibility index (Phi) is 4.37. The van der Waals surface area contributed by atoms with Crippen molar-refractivity contribution in [2.24, 2.45) is 5.10 Å². The maximum atomic E-state index is 12.0. The fourth-order valence-corrected chi connectivity index (χ4v) is 2.72. The minimum atomic E-state index is -0.340. The van der Waals surface area contributed by atoms with Crippen molar-refractivity contribution in [1.29, 1.82) is 0 Å². The molecule has 1 amide bonds. The largest absolute Gasteiger partial charge is 0.486 e. The molecule has 1 aromatic carbocycles. The Bertz CT molecular complexity index is 1010. The van der Waals surface area contributed by atoms with Gasteiger partial charge in [-0.15, -0.1) is 0 Å². The van der Waals surface area contributed by atoms with Gasteiger partial charge in [0.2, 0.25) is 0 Å². The molecule has 130 valence electrons. The number of aromatic nitrogens is 2. The number of nitrogens with one attached hydrogen (secondary N) is 1. The second-order valence-electron chi connectivity index (χ2n) is 5.49. The topological polar surface area (TPSA) is 85.7 Å². The lowest BCUT2D eigenvalue weighted by molar-refractivity contribution is 0.0955. The van der Waals surface area contributed by atoms with Gasteiger partial charge < -0.3 is 9.47 Å². The van der Waals surface area contributed by atoms with Crippen LogP contribution in [0.3, 0.4) is 0 Å². The van der Waals surface area contributed by atoms with Crippen molar-refractivity contribution in [1.82, 2.24) is 15.4 Å². The van der Waals surface area contributed by atoms with E-state index >= 15 is 0 Å². The molecule has 1 aliphatic heterocycles. The van der Waals surface area contributed by atoms with Gasteiger partial charge in [-0.2, -0.15) is 5.10 Å². The SMILES string of the molecule is O=C(N/N=C/c1cc2cc3c(cc2nc1Cl)OCCO3)c1ccncc1. The van der Waals surface area contributed by atoms with Crippen LogP contribution >= 0.6 is 11.6 Å². The number of benzene rings is 1. The van der Waals surface area contributed by atoms with Crippen molar-refractivity contribution >= 4 is 34.6 Å². The number of carbonyl (C=O) groups is 1. The van der Waals surface area contributed by atoms with Crippen molar-refractivity contribution < 1.29 is 14.3 Å². The quantitative estimate of drug-likeness (QED) is 0.436. The molecule has 1 aliphatic rings. The van der Waals surface area contributed by atoms with Gasteiger partial charge in [0.05, 0.1) is 11.7 Å². The number of pyridine rings is 2. The van der Waals surface area contributed by atoms with E-state index in [1.165, 1.54) is 18.6 Å². The molecule has 0 saturated heterocycles. The number of rotatable bonds is 3. The highest BCUT2D eigenvalue weighted by molar-refractivity contribution is 6.32. The number of hydrogen-bond donors (Lipinski definition) is 1. The zero-order chi connectivity index (χ0) is 17.9. The Labute approximate surface area is 153 Å². The van der Waals surface area contributed by atoms with Crippen LogP contribution < -0.4 is 14.9 Å². The molecule has 0 atom stereocenters. The molecule has 0 bridgehead atoms. The van der Waals surface area contributed by atoms with Gasteiger partial charge in [0.1, 0.15) is 18.4 Å². The molecule has 7 nitrogen and oxygen atoms in total. The molecule has 2 aromatic heterocycles. The van der Waals surface area contributed by atoms with E-state index in [9.17, 15) is 4.79 Å². The average molecular weight is 369 g/mol. The van der Waals surface area contributed by atoms with Gasteiger partial charge in [0.15, 0.2) is 11.5 Å². The van der Waals surface area contributed by atoms with Crippen LogP contribution in [0.15, 0.2) is 47.8 Å². The molecule has 1 N–H and O–H groups in total. The van der Waals surface area contributed by atoms with Gasteiger partial charge in [-0.25, -0.2) is 10.4 Å². The number of amides is 1. The summed E-state index contributed by atoms with van der Waals surface area (Å²) >= 11 is 6.22. The van der Waals surface area contributed by atoms with Crippen LogP contribution in [0.1, 0.15) is 15.9 Å². The second kappa shape index (κ2) is 6.97. The molecule has 0 aliphatic carbocycles. The summed E-state index contributed by atoms with van der Waals surface area (Å²) in [5, 5.41) is 5.06. The zero-order valence-electron chi connectivity index (χ0n) is 13.5. The molecule has 0 saturated carbocycles. The van der Waals surface area contributed by atoms with Crippen molar-refractivity contribution in [2.45, 2.75) is 0 Å². The van der Waals surface area contributed by atoms with Gasteiger partial charge in [-0.05, 0) is 24.3 Å². The molecule has 0 radical (unpaired) electrons. The van der Waals surface area contributed by atoms with E-state index in [0.717, 1.165) is 5.39 Å². The fraction of sp³-hybridized carbons (Fsp3) is 0.111. The minimum Gasteiger partial charge on any atom is -0.486 e. The van der Waals surface area contributed by atoms with Crippen molar-refractivity contribution in [2.75, 3.05) is 13.2 Å². The van der Waals surface area contributed by atoms with E-state index in [1.807, 2.05) is 12.1 Å². The number of nitrogens with zero attached hydrogens (tertiary/aromatic N) is 3. The van der Waals surface area contributed by atoms with Gasteiger partial charge >= 0.3 is 0 Å². The molecular formula is C18H13ClN4O3. The highest BCUT2D eigenvalue weighted by Crippen LogP contribution is 2.34. The van der Waals surface area contributed by atoms with E-state index in [-0.39, 0.29) is 11.1 Å². The van der Waals surface area contributed by atoms with E-state index in [1.54, 1.807) is 18.2 Å². The van der Waals surface area contributed by atoms with Crippen LogP contribution in [-0.4, -0.2) is 35.3 Å². The van der Waals surface area contributed by atoms with Gasteiger partial charge in [-0.3, -0.25) is 9.78 Å². The fourth-order valence-electron chi connectivity index (χ4n) is 2.52. The third-order valence-corrected chi connectivity index (χ3v) is 4.07. The molecule has 3 aromatic rings. The number of ether oxygens (including phenoxy) is 2. The molecule has 4 rings (SSSR count). The first kappa shape index (κ1) is 16.3. The summed E-state index contributed by atoms with van der Waals surface area (Å²) in [6.45, 7) is 1.02. The highest BCUT2D eigenvalue weighted by atomic mass is 35.5. The summed E-state index contributed by atoms with van der Waals surface area (Å²) in [6, 6.07) is 8.66. The number of hydrogen-bond acceptors (Lipinski definition) is 6. The van der Waals surface area contributed by atoms with E-state index in [2.05, 4.69) is 20.5 Å². The molecule has 0 fully saturated rings. The smallest absolute Gasteiger partial charge is 0.271 e. The van der Waals surface area contributed by atoms with Crippen molar-refractivity contribution in [3.63, 3.8) is 0 Å². The molecule has 8 heteroatoms. The maximum absolute atomic E-state index is 12.0. The first-order valence-corrected chi connectivity index (χ1v) is 8.22. The summed E-state index contributed by atoms with van der Waals surface area (Å²) in [6.07, 6.45) is 4.52. The predicted octanol–water partition coefficient (Wildman–Crippen LogP) is 2.82. The van der Waals surface area contributed by atoms with E-state index in [0.29, 0.717) is 41.4 Å². The van der Waals surface area contributed by atoms with Crippen LogP contribution in [0.5, 0.6) is 11.5 Å². The zero-order valence-corrected chi connectivity index (χ0v) is 14.2. The monoisotopic (exact) mass is 368 g/mol. The third-order valence-electron chi connectivity index (χ3n) is 3.77. The lowest BCUT2D eigenvalue weighted by Gasteiger charge is -2.18. The lowest BCUT2D eigenvalue weighted by atomic mass is 10.1. The molecule has 0 unspecified atom stereocenters. The van der Waals surface area contributed by atoms with E-state index in [4.69, 9.17) is 21.1 Å². The number of carbonyl (C=O) groups excluding carboxylic acids is 1. The van der Waals surface area contributed by atoms with Crippen molar-refractivity contribution in [3.05, 3.63) is 59.0 Å². The van der Waals surface area contributed by atoms with Crippen LogP contribution in [0.4, 0.5) is 0 Å². The first-order chi connectivity index (χ1) is 12.7. The molecule has 26 heavy (non-hydrogen) atoms. The normalized spacial score (nSPS) is 13.1. The third kappa shape index (κ3) is 3.29. The standard InChI is InChI=1S/C18H13ClN4O3/c19-17-13(10-21-23-18(24)11-1-3-20-4-2-11)7-12-8-15-16(9-14(12)22-17)26-6-5-25-15/h1-4,7-10H,5-6H2,(H,23,24)/b21-10+. The van der Waals surface area contributed by atoms with Gasteiger partial charge in [0, 0.05) is 35.0 Å². The first-order valence-electron chi connectivity index (χ1n) is 7.84. The Hall–Kier alpha value is -3.19. The number of halogens is 1. The Morgan fingerprint density at radius 2 is 1.88 bits per heavy atom. The summed E-state index contributed by atoms with van der Waals surface area (Å²) < 4.78 is 11.1. The summed E-state index contributed by atoms with van der Waals surface area (Å²) in [4.78, 5) is 20.2. The Morgan fingerprint density at radius 3 is 2.65 bits per heavy atom. The molecule has 0 spiro atoms. The molecule has 3 heterocycles. The summed E-state index contributed by atoms with van der Waals surface area (Å²) in [5.74, 6) is 0.980. The summed E-state index contributed by atoms with van der Waals surface area (Å²) in [5.41, 5.74) is 4.17. The van der Waals surface area contributed by atoms with E-state index < -0.39 is 0 Å². The van der Waals surface area contributed by atoms with Gasteiger partial charge in [-0.1, -0.05) is 11.6 Å². The second-order valence-corrected chi connectivity index (χ2v) is 5.85. The van der Waals surface area contributed by atoms with Crippen LogP contribution in [0, 0.1) is 0 Å². The van der Waals surface area contributed by atoms with Crippen molar-refractivity contribution in [3.8, 4) is 11.5 Å². The maximum Gasteiger partial charge on any atom is 0.271 e. The molecular weight excluding hydrogens is 356 g/mol. The predicted molar refractivity (Wildman–Crippen MR) is 97.0 cm³/mol. The van der Waals surface area contributed by atoms with Crippen LogP contribution in [-0.2, 0) is 0 Å². The number of fused-ring (bicyclic) bond motifs is 2. The van der Waals surface area contributed by atoms with Gasteiger partial charge in [0.25, 0.3) is 5.91 Å². The Morgan fingerprint density at radius 1 is 1.15 bits per heavy atom. The lowest BCUT2D eigenvalue weighted by Crippen LogP contribution is -2.17. The minimum absolute atomic E-state index is 0.274. The van der Waals surface area contributed by atoms with Crippen LogP contribution in [0.2, 0.25) is 5.15 Å².